The number of ether oxygens (including phenoxy) is 1. The van der Waals surface area contributed by atoms with E-state index in [1.54, 1.807) is 19.1 Å². The maximum atomic E-state index is 13.3. The summed E-state index contributed by atoms with van der Waals surface area (Å²) in [6, 6.07) is 11.4. The fraction of sp³-hybridized carbons (Fsp3) is 0.300. The maximum absolute atomic E-state index is 13.3. The van der Waals surface area contributed by atoms with Crippen LogP contribution in [0.3, 0.4) is 0 Å². The molecule has 152 valence electrons. The highest BCUT2D eigenvalue weighted by molar-refractivity contribution is 7.92. The van der Waals surface area contributed by atoms with Crippen LogP contribution in [0.4, 0.5) is 5.69 Å². The van der Waals surface area contributed by atoms with Crippen LogP contribution in [0, 0.1) is 0 Å². The van der Waals surface area contributed by atoms with Gasteiger partial charge in [-0.2, -0.15) is 0 Å². The first-order valence-corrected chi connectivity index (χ1v) is 10.7. The van der Waals surface area contributed by atoms with Gasteiger partial charge in [-0.3, -0.25) is 13.7 Å². The minimum absolute atomic E-state index is 0.0191. The summed E-state index contributed by atoms with van der Waals surface area (Å²) in [5.74, 6) is -1.32. The summed E-state index contributed by atoms with van der Waals surface area (Å²) in [7, 11) is -3.86. The summed E-state index contributed by atoms with van der Waals surface area (Å²) in [4.78, 5) is 23.9. The Morgan fingerprint density at radius 1 is 1.24 bits per heavy atom. The topological polar surface area (TPSA) is 98.8 Å². The summed E-state index contributed by atoms with van der Waals surface area (Å²) in [5, 5.41) is 0. The number of aromatic nitrogens is 1. The van der Waals surface area contributed by atoms with E-state index >= 15 is 0 Å². The number of esters is 1. The molecule has 29 heavy (non-hydrogen) atoms. The molecule has 1 aliphatic rings. The Kier molecular flexibility index (Phi) is 4.70. The molecule has 4 rings (SSSR count). The lowest BCUT2D eigenvalue weighted by Gasteiger charge is -2.24. The number of carbonyl (C=O) groups is 1. The third kappa shape index (κ3) is 3.21. The molecule has 0 N–H and O–H groups in total. The number of fused-ring (bicyclic) bond motifs is 2. The summed E-state index contributed by atoms with van der Waals surface area (Å²) in [5.41, 5.74) is 2.05. The Bertz CT molecular complexity index is 1260. The number of benzene rings is 2. The van der Waals surface area contributed by atoms with Crippen LogP contribution in [0.2, 0.25) is 0 Å². The van der Waals surface area contributed by atoms with Gasteiger partial charge in [0.2, 0.25) is 0 Å². The average molecular weight is 416 g/mol. The van der Waals surface area contributed by atoms with Crippen molar-refractivity contribution in [2.24, 2.45) is 0 Å². The molecule has 2 heterocycles. The Balaban J connectivity index is 1.75. The van der Waals surface area contributed by atoms with E-state index in [0.29, 0.717) is 17.6 Å². The number of carbonyl (C=O) groups excluding carboxylic acids is 1. The van der Waals surface area contributed by atoms with Gasteiger partial charge in [-0.25, -0.2) is 13.2 Å². The first-order valence-electron chi connectivity index (χ1n) is 9.24. The maximum Gasteiger partial charge on any atom is 0.420 e. The molecular weight excluding hydrogens is 396 g/mol. The predicted molar refractivity (Wildman–Crippen MR) is 106 cm³/mol. The molecule has 8 nitrogen and oxygen atoms in total. The lowest BCUT2D eigenvalue weighted by atomic mass is 10.1. The van der Waals surface area contributed by atoms with Crippen LogP contribution in [0.5, 0.6) is 0 Å². The normalized spacial score (nSPS) is 16.2. The largest absolute Gasteiger partial charge is 0.465 e. The van der Waals surface area contributed by atoms with Crippen LogP contribution in [-0.4, -0.2) is 31.6 Å². The van der Waals surface area contributed by atoms with E-state index in [9.17, 15) is 18.0 Å². The lowest BCUT2D eigenvalue weighted by Crippen LogP contribution is -2.35. The minimum Gasteiger partial charge on any atom is -0.465 e. The Hall–Kier alpha value is -3.07. The Morgan fingerprint density at radius 3 is 2.76 bits per heavy atom. The van der Waals surface area contributed by atoms with E-state index in [1.165, 1.54) is 22.5 Å². The van der Waals surface area contributed by atoms with E-state index in [4.69, 9.17) is 9.15 Å². The van der Waals surface area contributed by atoms with Gasteiger partial charge in [-0.1, -0.05) is 18.2 Å². The molecule has 0 fully saturated rings. The van der Waals surface area contributed by atoms with Gasteiger partial charge < -0.3 is 9.15 Å². The van der Waals surface area contributed by atoms with Crippen LogP contribution in [0.15, 0.2) is 56.6 Å². The van der Waals surface area contributed by atoms with Crippen LogP contribution >= 0.6 is 0 Å². The Labute approximate surface area is 167 Å². The first kappa shape index (κ1) is 19.3. The smallest absolute Gasteiger partial charge is 0.420 e. The van der Waals surface area contributed by atoms with E-state index in [2.05, 4.69) is 0 Å². The summed E-state index contributed by atoms with van der Waals surface area (Å²) in [6.07, 6.45) is 0.628. The quantitative estimate of drug-likeness (QED) is 0.592. The molecule has 2 aromatic carbocycles. The number of hydrogen-bond acceptors (Lipinski definition) is 6. The monoisotopic (exact) mass is 416 g/mol. The molecule has 0 bridgehead atoms. The van der Waals surface area contributed by atoms with Gasteiger partial charge in [-0.15, -0.1) is 0 Å². The Morgan fingerprint density at radius 2 is 2.00 bits per heavy atom. The van der Waals surface area contributed by atoms with Crippen molar-refractivity contribution in [1.29, 1.82) is 0 Å². The third-order valence-electron chi connectivity index (χ3n) is 4.93. The van der Waals surface area contributed by atoms with Crippen molar-refractivity contribution < 1.29 is 22.4 Å². The van der Waals surface area contributed by atoms with Gasteiger partial charge in [0.15, 0.2) is 5.58 Å². The molecule has 1 atom stereocenters. The zero-order chi connectivity index (χ0) is 20.8. The number of rotatable bonds is 5. The fourth-order valence-corrected chi connectivity index (χ4v) is 5.42. The highest BCUT2D eigenvalue weighted by Gasteiger charge is 2.36. The SMILES string of the molecule is CCOC(=O)Cn1c(=O)oc2cc(S(=O)(=O)N3c4ccccc4CC3C)ccc21. The predicted octanol–water partition coefficient (Wildman–Crippen LogP) is 2.30. The fourth-order valence-electron chi connectivity index (χ4n) is 3.71. The molecule has 0 radical (unpaired) electrons. The van der Waals surface area contributed by atoms with Crippen molar-refractivity contribution in [3.05, 3.63) is 58.6 Å². The van der Waals surface area contributed by atoms with Crippen molar-refractivity contribution in [2.45, 2.75) is 37.8 Å². The molecule has 1 aliphatic heterocycles. The molecular formula is C20H20N2O6S. The number of hydrogen-bond donors (Lipinski definition) is 0. The highest BCUT2D eigenvalue weighted by atomic mass is 32.2. The van der Waals surface area contributed by atoms with Crippen LogP contribution < -0.4 is 10.1 Å². The van der Waals surface area contributed by atoms with Gasteiger partial charge in [-0.05, 0) is 44.0 Å². The van der Waals surface area contributed by atoms with Crippen LogP contribution in [0.1, 0.15) is 19.4 Å². The lowest BCUT2D eigenvalue weighted by molar-refractivity contribution is -0.143. The summed E-state index contributed by atoms with van der Waals surface area (Å²) in [6.45, 7) is 3.42. The molecule has 0 spiro atoms. The van der Waals surface area contributed by atoms with Gasteiger partial charge in [0.25, 0.3) is 10.0 Å². The van der Waals surface area contributed by atoms with Crippen molar-refractivity contribution in [2.75, 3.05) is 10.9 Å². The van der Waals surface area contributed by atoms with Gasteiger partial charge in [0, 0.05) is 12.1 Å². The second-order valence-corrected chi connectivity index (χ2v) is 8.69. The second kappa shape index (κ2) is 7.07. The molecule has 1 unspecified atom stereocenters. The zero-order valence-electron chi connectivity index (χ0n) is 16.0. The average Bonchev–Trinajstić information content (AvgIpc) is 3.17. The van der Waals surface area contributed by atoms with E-state index in [-0.39, 0.29) is 29.7 Å². The van der Waals surface area contributed by atoms with Crippen LogP contribution in [0.25, 0.3) is 11.1 Å². The number of para-hydroxylation sites is 1. The van der Waals surface area contributed by atoms with Crippen molar-refractivity contribution in [3.63, 3.8) is 0 Å². The summed E-state index contributed by atoms with van der Waals surface area (Å²) >= 11 is 0. The van der Waals surface area contributed by atoms with Gasteiger partial charge in [0.05, 0.1) is 22.7 Å². The van der Waals surface area contributed by atoms with Crippen molar-refractivity contribution in [3.8, 4) is 0 Å². The third-order valence-corrected chi connectivity index (χ3v) is 6.86. The van der Waals surface area contributed by atoms with Gasteiger partial charge in [0.1, 0.15) is 6.54 Å². The number of anilines is 1. The highest BCUT2D eigenvalue weighted by Crippen LogP contribution is 2.36. The van der Waals surface area contributed by atoms with E-state index < -0.39 is 21.7 Å². The standard InChI is InChI=1S/C20H20N2O6S/c1-3-27-19(23)12-21-17-9-8-15(11-18(17)28-20(21)24)29(25,26)22-13(2)10-14-6-4-5-7-16(14)22/h4-9,11,13H,3,10,12H2,1-2H3. The first-order chi connectivity index (χ1) is 13.8. The summed E-state index contributed by atoms with van der Waals surface area (Å²) < 4.78 is 39.2. The van der Waals surface area contributed by atoms with E-state index in [1.807, 2.05) is 19.1 Å². The molecule has 0 saturated carbocycles. The van der Waals surface area contributed by atoms with E-state index in [0.717, 1.165) is 10.1 Å². The van der Waals surface area contributed by atoms with Crippen LogP contribution in [-0.2, 0) is 32.5 Å². The number of sulfonamides is 1. The second-order valence-electron chi connectivity index (χ2n) is 6.87. The molecule has 9 heteroatoms. The molecule has 0 aliphatic carbocycles. The molecule has 1 aromatic heterocycles. The molecule has 0 amide bonds. The van der Waals surface area contributed by atoms with Crippen molar-refractivity contribution >= 4 is 32.8 Å². The van der Waals surface area contributed by atoms with Gasteiger partial charge >= 0.3 is 11.7 Å². The minimum atomic E-state index is -3.86. The number of oxazole rings is 1. The molecule has 3 aromatic rings. The zero-order valence-corrected chi connectivity index (χ0v) is 16.8. The molecule has 0 saturated heterocycles. The number of nitrogens with zero attached hydrogens (tertiary/aromatic N) is 2. The van der Waals surface area contributed by atoms with Crippen molar-refractivity contribution in [1.82, 2.24) is 4.57 Å².